The summed E-state index contributed by atoms with van der Waals surface area (Å²) < 4.78 is 10.4. The summed E-state index contributed by atoms with van der Waals surface area (Å²) in [6.45, 7) is 0.345. The van der Waals surface area contributed by atoms with Gasteiger partial charge in [0.15, 0.2) is 11.5 Å². The van der Waals surface area contributed by atoms with E-state index in [-0.39, 0.29) is 5.91 Å². The molecule has 1 N–H and O–H groups in total. The van der Waals surface area contributed by atoms with Crippen LogP contribution in [0.3, 0.4) is 0 Å². The van der Waals surface area contributed by atoms with Gasteiger partial charge in [0, 0.05) is 11.6 Å². The predicted molar refractivity (Wildman–Crippen MR) is 87.2 cm³/mol. The number of hydrogen-bond acceptors (Lipinski definition) is 3. The first kappa shape index (κ1) is 16.5. The summed E-state index contributed by atoms with van der Waals surface area (Å²) in [7, 11) is 3.13. The van der Waals surface area contributed by atoms with Crippen molar-refractivity contribution < 1.29 is 14.3 Å². The van der Waals surface area contributed by atoms with Crippen molar-refractivity contribution in [2.75, 3.05) is 14.2 Å². The van der Waals surface area contributed by atoms with Crippen molar-refractivity contribution in [3.63, 3.8) is 0 Å². The van der Waals surface area contributed by atoms with Gasteiger partial charge in [0.1, 0.15) is 0 Å². The Hall–Kier alpha value is -1.91. The van der Waals surface area contributed by atoms with Gasteiger partial charge in [0.05, 0.1) is 24.8 Å². The Morgan fingerprint density at radius 3 is 2.41 bits per heavy atom. The van der Waals surface area contributed by atoms with Crippen LogP contribution < -0.4 is 14.8 Å². The number of amides is 1. The molecule has 2 aromatic rings. The highest BCUT2D eigenvalue weighted by atomic mass is 35.5. The summed E-state index contributed by atoms with van der Waals surface area (Å²) in [5, 5.41) is 3.61. The maximum atomic E-state index is 12.1. The smallest absolute Gasteiger partial charge is 0.253 e. The monoisotopic (exact) mass is 339 g/mol. The van der Waals surface area contributed by atoms with E-state index in [4.69, 9.17) is 32.7 Å². The number of benzene rings is 2. The molecule has 0 aliphatic carbocycles. The van der Waals surface area contributed by atoms with E-state index >= 15 is 0 Å². The summed E-state index contributed by atoms with van der Waals surface area (Å²) in [5.41, 5.74) is 1.27. The van der Waals surface area contributed by atoms with Crippen molar-refractivity contribution in [2.24, 2.45) is 0 Å². The highest BCUT2D eigenvalue weighted by molar-refractivity contribution is 6.36. The Morgan fingerprint density at radius 2 is 1.77 bits per heavy atom. The lowest BCUT2D eigenvalue weighted by Gasteiger charge is -2.11. The number of halogens is 2. The zero-order chi connectivity index (χ0) is 16.1. The molecule has 0 saturated carbocycles. The van der Waals surface area contributed by atoms with Crippen LogP contribution in [0, 0.1) is 0 Å². The zero-order valence-corrected chi connectivity index (χ0v) is 13.7. The maximum Gasteiger partial charge on any atom is 0.253 e. The second-order valence-electron chi connectivity index (χ2n) is 4.50. The van der Waals surface area contributed by atoms with E-state index in [0.29, 0.717) is 33.7 Å². The van der Waals surface area contributed by atoms with Gasteiger partial charge >= 0.3 is 0 Å². The quantitative estimate of drug-likeness (QED) is 0.897. The van der Waals surface area contributed by atoms with Gasteiger partial charge in [-0.25, -0.2) is 0 Å². The van der Waals surface area contributed by atoms with Crippen molar-refractivity contribution in [1.29, 1.82) is 0 Å². The molecule has 0 heterocycles. The van der Waals surface area contributed by atoms with Crippen LogP contribution in [0.2, 0.25) is 10.0 Å². The van der Waals surface area contributed by atoms with Gasteiger partial charge in [-0.2, -0.15) is 0 Å². The Labute approximate surface area is 138 Å². The molecule has 4 nitrogen and oxygen atoms in total. The molecule has 22 heavy (non-hydrogen) atoms. The molecule has 2 rings (SSSR count). The van der Waals surface area contributed by atoms with E-state index in [2.05, 4.69) is 5.32 Å². The van der Waals surface area contributed by atoms with Crippen molar-refractivity contribution in [3.8, 4) is 11.5 Å². The molecule has 0 spiro atoms. The summed E-state index contributed by atoms with van der Waals surface area (Å²) in [5.74, 6) is 0.980. The molecule has 0 aliphatic rings. The fraction of sp³-hybridized carbons (Fsp3) is 0.188. The molecule has 0 aliphatic heterocycles. The van der Waals surface area contributed by atoms with E-state index < -0.39 is 0 Å². The lowest BCUT2D eigenvalue weighted by molar-refractivity contribution is 0.0951. The third-order valence-electron chi connectivity index (χ3n) is 3.08. The first-order chi connectivity index (χ1) is 10.5. The van der Waals surface area contributed by atoms with E-state index in [1.54, 1.807) is 32.4 Å². The third-order valence-corrected chi connectivity index (χ3v) is 3.62. The second kappa shape index (κ2) is 7.38. The summed E-state index contributed by atoms with van der Waals surface area (Å²) in [4.78, 5) is 12.1. The number of carbonyl (C=O) groups is 1. The molecule has 0 atom stereocenters. The Bertz CT molecular complexity index is 689. The number of rotatable bonds is 5. The lowest BCUT2D eigenvalue weighted by Crippen LogP contribution is -2.23. The van der Waals surface area contributed by atoms with E-state index in [9.17, 15) is 4.79 Å². The van der Waals surface area contributed by atoms with Gasteiger partial charge in [-0.1, -0.05) is 29.3 Å². The minimum absolute atomic E-state index is 0.267. The Kier molecular flexibility index (Phi) is 5.52. The average molecular weight is 340 g/mol. The zero-order valence-electron chi connectivity index (χ0n) is 12.2. The minimum atomic E-state index is -0.267. The van der Waals surface area contributed by atoms with Crippen LogP contribution in [0.25, 0.3) is 0 Å². The van der Waals surface area contributed by atoms with Crippen LogP contribution in [0.4, 0.5) is 0 Å². The van der Waals surface area contributed by atoms with Crippen LogP contribution in [-0.4, -0.2) is 20.1 Å². The number of nitrogens with one attached hydrogen (secondary N) is 1. The minimum Gasteiger partial charge on any atom is -0.493 e. The van der Waals surface area contributed by atoms with Crippen LogP contribution in [0.15, 0.2) is 36.4 Å². The fourth-order valence-electron chi connectivity index (χ4n) is 1.94. The molecular weight excluding hydrogens is 325 g/mol. The largest absolute Gasteiger partial charge is 0.493 e. The molecule has 0 aromatic heterocycles. The number of hydrogen-bond donors (Lipinski definition) is 1. The molecule has 1 amide bonds. The summed E-state index contributed by atoms with van der Waals surface area (Å²) >= 11 is 11.8. The highest BCUT2D eigenvalue weighted by Crippen LogP contribution is 2.27. The van der Waals surface area contributed by atoms with Gasteiger partial charge in [-0.15, -0.1) is 0 Å². The first-order valence-electron chi connectivity index (χ1n) is 6.49. The molecule has 0 saturated heterocycles. The topological polar surface area (TPSA) is 47.6 Å². The fourth-order valence-corrected chi connectivity index (χ4v) is 2.44. The van der Waals surface area contributed by atoms with Crippen molar-refractivity contribution in [2.45, 2.75) is 6.54 Å². The van der Waals surface area contributed by atoms with E-state index in [1.807, 2.05) is 12.1 Å². The van der Waals surface area contributed by atoms with Crippen LogP contribution in [0.5, 0.6) is 11.5 Å². The number of carbonyl (C=O) groups excluding carboxylic acids is 1. The Morgan fingerprint density at radius 1 is 1.05 bits per heavy atom. The highest BCUT2D eigenvalue weighted by Gasteiger charge is 2.11. The third kappa shape index (κ3) is 3.84. The lowest BCUT2D eigenvalue weighted by atomic mass is 10.1. The standard InChI is InChI=1S/C16H15Cl2NO3/c1-21-14-6-3-10(7-15(14)22-2)9-19-16(20)12-5-4-11(17)8-13(12)18/h3-8H,9H2,1-2H3,(H,19,20). The van der Waals surface area contributed by atoms with Crippen molar-refractivity contribution >= 4 is 29.1 Å². The molecule has 2 aromatic carbocycles. The van der Waals surface area contributed by atoms with Crippen LogP contribution >= 0.6 is 23.2 Å². The molecule has 0 bridgehead atoms. The number of ether oxygens (including phenoxy) is 2. The van der Waals surface area contributed by atoms with Crippen molar-refractivity contribution in [3.05, 3.63) is 57.6 Å². The van der Waals surface area contributed by atoms with Crippen LogP contribution in [0.1, 0.15) is 15.9 Å². The predicted octanol–water partition coefficient (Wildman–Crippen LogP) is 3.94. The van der Waals surface area contributed by atoms with Gasteiger partial charge < -0.3 is 14.8 Å². The van der Waals surface area contributed by atoms with E-state index in [0.717, 1.165) is 5.56 Å². The van der Waals surface area contributed by atoms with Crippen molar-refractivity contribution in [1.82, 2.24) is 5.32 Å². The van der Waals surface area contributed by atoms with Gasteiger partial charge in [0.2, 0.25) is 0 Å². The molecule has 0 radical (unpaired) electrons. The summed E-state index contributed by atoms with van der Waals surface area (Å²) in [6.07, 6.45) is 0. The maximum absolute atomic E-state index is 12.1. The second-order valence-corrected chi connectivity index (χ2v) is 5.34. The van der Waals surface area contributed by atoms with E-state index in [1.165, 1.54) is 6.07 Å². The van der Waals surface area contributed by atoms with Gasteiger partial charge in [-0.3, -0.25) is 4.79 Å². The number of methoxy groups -OCH3 is 2. The molecule has 116 valence electrons. The summed E-state index contributed by atoms with van der Waals surface area (Å²) in [6, 6.07) is 10.2. The molecule has 0 fully saturated rings. The normalized spacial score (nSPS) is 10.2. The molecule has 0 unspecified atom stereocenters. The van der Waals surface area contributed by atoms with Gasteiger partial charge in [-0.05, 0) is 35.9 Å². The Balaban J connectivity index is 2.08. The molecular formula is C16H15Cl2NO3. The van der Waals surface area contributed by atoms with Crippen LogP contribution in [-0.2, 0) is 6.54 Å². The van der Waals surface area contributed by atoms with Gasteiger partial charge in [0.25, 0.3) is 5.91 Å². The average Bonchev–Trinajstić information content (AvgIpc) is 2.52. The molecule has 6 heteroatoms. The SMILES string of the molecule is COc1ccc(CNC(=O)c2ccc(Cl)cc2Cl)cc1OC. The first-order valence-corrected chi connectivity index (χ1v) is 7.25.